The summed E-state index contributed by atoms with van der Waals surface area (Å²) in [5.41, 5.74) is 6.47. The Labute approximate surface area is 118 Å². The van der Waals surface area contributed by atoms with E-state index in [1.54, 1.807) is 22.7 Å². The van der Waals surface area contributed by atoms with Crippen molar-refractivity contribution < 1.29 is 0 Å². The van der Waals surface area contributed by atoms with Gasteiger partial charge in [0.15, 0.2) is 0 Å². The molecule has 4 heteroatoms. The molecular weight excluding hydrogens is 272 g/mol. The highest BCUT2D eigenvalue weighted by Gasteiger charge is 2.08. The van der Waals surface area contributed by atoms with Gasteiger partial charge in [-0.2, -0.15) is 0 Å². The van der Waals surface area contributed by atoms with Crippen LogP contribution in [0.2, 0.25) is 0 Å². The van der Waals surface area contributed by atoms with Gasteiger partial charge in [-0.05, 0) is 25.1 Å². The van der Waals surface area contributed by atoms with Crippen molar-refractivity contribution in [2.75, 3.05) is 0 Å². The van der Waals surface area contributed by atoms with E-state index in [1.165, 1.54) is 20.5 Å². The van der Waals surface area contributed by atoms with Gasteiger partial charge in [0.25, 0.3) is 0 Å². The van der Waals surface area contributed by atoms with Crippen molar-refractivity contribution in [1.82, 2.24) is 9.97 Å². The molecule has 4 rings (SSSR count). The lowest BCUT2D eigenvalue weighted by Gasteiger charge is -1.96. The summed E-state index contributed by atoms with van der Waals surface area (Å²) in [6.07, 6.45) is 0. The number of rotatable bonds is 1. The second kappa shape index (κ2) is 4.11. The van der Waals surface area contributed by atoms with Gasteiger partial charge in [0.05, 0.1) is 25.9 Å². The van der Waals surface area contributed by atoms with Gasteiger partial charge >= 0.3 is 0 Å². The number of thiazole rings is 2. The Morgan fingerprint density at radius 2 is 1.89 bits per heavy atom. The molecule has 19 heavy (non-hydrogen) atoms. The Bertz CT molecular complexity index is 841. The fourth-order valence-electron chi connectivity index (χ4n) is 2.18. The molecule has 2 nitrogen and oxygen atoms in total. The van der Waals surface area contributed by atoms with Crippen LogP contribution in [0.15, 0.2) is 41.9 Å². The first-order valence-corrected chi connectivity index (χ1v) is 7.70. The fourth-order valence-corrected chi connectivity index (χ4v) is 3.85. The minimum absolute atomic E-state index is 1.07. The second-order valence-corrected chi connectivity index (χ2v) is 6.45. The highest BCUT2D eigenvalue weighted by atomic mass is 32.1. The molecule has 4 aromatic rings. The number of aromatic nitrogens is 2. The van der Waals surface area contributed by atoms with E-state index in [0.717, 1.165) is 16.0 Å². The lowest BCUT2D eigenvalue weighted by Crippen LogP contribution is -1.77. The molecule has 0 aliphatic heterocycles. The largest absolute Gasteiger partial charge is 0.245 e. The van der Waals surface area contributed by atoms with Gasteiger partial charge < -0.3 is 0 Å². The zero-order valence-corrected chi connectivity index (χ0v) is 11.9. The van der Waals surface area contributed by atoms with Crippen molar-refractivity contribution >= 4 is 43.1 Å². The Kier molecular flexibility index (Phi) is 2.40. The molecule has 2 heterocycles. The first-order valence-electron chi connectivity index (χ1n) is 6.00. The molecule has 0 aliphatic rings. The lowest BCUT2D eigenvalue weighted by molar-refractivity contribution is 1.43. The third-order valence-electron chi connectivity index (χ3n) is 3.11. The molecule has 0 N–H and O–H groups in total. The average Bonchev–Trinajstić information content (AvgIpc) is 3.00. The monoisotopic (exact) mass is 282 g/mol. The van der Waals surface area contributed by atoms with Crippen molar-refractivity contribution in [3.63, 3.8) is 0 Å². The molecule has 0 bridgehead atoms. The highest BCUT2D eigenvalue weighted by Crippen LogP contribution is 2.33. The first kappa shape index (κ1) is 11.1. The zero-order valence-electron chi connectivity index (χ0n) is 10.3. The molecule has 2 aromatic carbocycles. The van der Waals surface area contributed by atoms with Crippen LogP contribution in [0.25, 0.3) is 31.0 Å². The maximum Gasteiger partial charge on any atom is 0.124 e. The molecule has 0 saturated heterocycles. The summed E-state index contributed by atoms with van der Waals surface area (Å²) in [4.78, 5) is 9.11. The standard InChI is InChI=1S/C15H10N2S2/c1-9-3-2-4-10(5-9)15-17-12-7-13-11(16-8-18-13)6-14(12)19-15/h2-8H,1H3. The summed E-state index contributed by atoms with van der Waals surface area (Å²) in [7, 11) is 0. The average molecular weight is 282 g/mol. The molecule has 2 aromatic heterocycles. The Hall–Kier alpha value is -1.78. The predicted molar refractivity (Wildman–Crippen MR) is 83.0 cm³/mol. The van der Waals surface area contributed by atoms with E-state index in [9.17, 15) is 0 Å². The van der Waals surface area contributed by atoms with Gasteiger partial charge in [-0.1, -0.05) is 23.8 Å². The number of hydrogen-bond acceptors (Lipinski definition) is 4. The molecule has 0 saturated carbocycles. The van der Waals surface area contributed by atoms with Crippen molar-refractivity contribution in [3.8, 4) is 10.6 Å². The van der Waals surface area contributed by atoms with E-state index < -0.39 is 0 Å². The van der Waals surface area contributed by atoms with E-state index >= 15 is 0 Å². The van der Waals surface area contributed by atoms with Gasteiger partial charge in [-0.25, -0.2) is 9.97 Å². The van der Waals surface area contributed by atoms with Gasteiger partial charge in [0.1, 0.15) is 5.01 Å². The molecule has 0 unspecified atom stereocenters. The van der Waals surface area contributed by atoms with E-state index in [-0.39, 0.29) is 0 Å². The quantitative estimate of drug-likeness (QED) is 0.497. The Morgan fingerprint density at radius 1 is 1.00 bits per heavy atom. The first-order chi connectivity index (χ1) is 9.29. The number of fused-ring (bicyclic) bond motifs is 2. The summed E-state index contributed by atoms with van der Waals surface area (Å²) in [5.74, 6) is 0. The normalized spacial score (nSPS) is 11.4. The van der Waals surface area contributed by atoms with Crippen molar-refractivity contribution in [1.29, 1.82) is 0 Å². The predicted octanol–water partition coefficient (Wildman–Crippen LogP) is 4.88. The van der Waals surface area contributed by atoms with Crippen molar-refractivity contribution in [3.05, 3.63) is 47.5 Å². The molecule has 0 fully saturated rings. The maximum absolute atomic E-state index is 4.75. The van der Waals surface area contributed by atoms with Crippen LogP contribution in [0.5, 0.6) is 0 Å². The molecule has 0 aliphatic carbocycles. The van der Waals surface area contributed by atoms with Gasteiger partial charge in [0, 0.05) is 5.56 Å². The summed E-state index contributed by atoms with van der Waals surface area (Å²) >= 11 is 3.39. The van der Waals surface area contributed by atoms with Crippen LogP contribution < -0.4 is 0 Å². The smallest absolute Gasteiger partial charge is 0.124 e. The van der Waals surface area contributed by atoms with E-state index in [1.807, 2.05) is 5.51 Å². The van der Waals surface area contributed by atoms with Crippen LogP contribution in [0.3, 0.4) is 0 Å². The molecule has 0 spiro atoms. The third kappa shape index (κ3) is 1.84. The molecule has 0 radical (unpaired) electrons. The summed E-state index contributed by atoms with van der Waals surface area (Å²) in [6.45, 7) is 2.11. The summed E-state index contributed by atoms with van der Waals surface area (Å²) < 4.78 is 2.41. The molecule has 0 atom stereocenters. The van der Waals surface area contributed by atoms with Gasteiger partial charge in [0.2, 0.25) is 0 Å². The second-order valence-electron chi connectivity index (χ2n) is 4.53. The fraction of sp³-hybridized carbons (Fsp3) is 0.0667. The van der Waals surface area contributed by atoms with Crippen molar-refractivity contribution in [2.45, 2.75) is 6.92 Å². The molecule has 0 amide bonds. The third-order valence-corrected chi connectivity index (χ3v) is 4.96. The number of aryl methyl sites for hydroxylation is 1. The summed E-state index contributed by atoms with van der Waals surface area (Å²) in [5, 5.41) is 1.08. The number of benzene rings is 2. The Balaban J connectivity index is 1.96. The van der Waals surface area contributed by atoms with Crippen LogP contribution in [-0.4, -0.2) is 9.97 Å². The van der Waals surface area contributed by atoms with Crippen LogP contribution in [0.1, 0.15) is 5.56 Å². The summed E-state index contributed by atoms with van der Waals surface area (Å²) in [6, 6.07) is 12.8. The van der Waals surface area contributed by atoms with E-state index in [4.69, 9.17) is 4.98 Å². The van der Waals surface area contributed by atoms with Crippen LogP contribution in [0.4, 0.5) is 0 Å². The van der Waals surface area contributed by atoms with Gasteiger partial charge in [-0.15, -0.1) is 22.7 Å². The zero-order chi connectivity index (χ0) is 12.8. The van der Waals surface area contributed by atoms with Crippen LogP contribution >= 0.6 is 22.7 Å². The SMILES string of the molecule is Cc1cccc(-c2nc3cc4scnc4cc3s2)c1. The van der Waals surface area contributed by atoms with Gasteiger partial charge in [-0.3, -0.25) is 0 Å². The molecular formula is C15H10N2S2. The highest BCUT2D eigenvalue weighted by molar-refractivity contribution is 7.22. The lowest BCUT2D eigenvalue weighted by atomic mass is 10.1. The number of nitrogens with zero attached hydrogens (tertiary/aromatic N) is 2. The van der Waals surface area contributed by atoms with E-state index in [2.05, 4.69) is 48.3 Å². The van der Waals surface area contributed by atoms with E-state index in [0.29, 0.717) is 0 Å². The maximum atomic E-state index is 4.75. The topological polar surface area (TPSA) is 25.8 Å². The van der Waals surface area contributed by atoms with Crippen molar-refractivity contribution in [2.24, 2.45) is 0 Å². The number of hydrogen-bond donors (Lipinski definition) is 0. The minimum atomic E-state index is 1.07. The Morgan fingerprint density at radius 3 is 2.79 bits per heavy atom. The van der Waals surface area contributed by atoms with Crippen LogP contribution in [-0.2, 0) is 0 Å². The van der Waals surface area contributed by atoms with Crippen LogP contribution in [0, 0.1) is 6.92 Å². The minimum Gasteiger partial charge on any atom is -0.245 e. The molecule has 92 valence electrons.